The zero-order valence-electron chi connectivity index (χ0n) is 12.7. The van der Waals surface area contributed by atoms with Crippen LogP contribution in [0.1, 0.15) is 34.6 Å². The minimum atomic E-state index is -0.0666. The number of pyridine rings is 1. The van der Waals surface area contributed by atoms with Gasteiger partial charge in [-0.2, -0.15) is 0 Å². The second kappa shape index (κ2) is 5.87. The number of anilines is 1. The van der Waals surface area contributed by atoms with Gasteiger partial charge in [-0.05, 0) is 44.2 Å². The summed E-state index contributed by atoms with van der Waals surface area (Å²) in [7, 11) is 3.90. The van der Waals surface area contributed by atoms with E-state index in [1.807, 2.05) is 31.1 Å². The molecule has 4 nitrogen and oxygen atoms in total. The summed E-state index contributed by atoms with van der Waals surface area (Å²) in [5, 5.41) is 0. The summed E-state index contributed by atoms with van der Waals surface area (Å²) in [4.78, 5) is 29.6. The Hall–Kier alpha value is -2.49. The summed E-state index contributed by atoms with van der Waals surface area (Å²) >= 11 is 0. The van der Waals surface area contributed by atoms with Crippen molar-refractivity contribution in [2.24, 2.45) is 0 Å². The molecule has 0 saturated carbocycles. The summed E-state index contributed by atoms with van der Waals surface area (Å²) in [6, 6.07) is 9.02. The first-order chi connectivity index (χ1) is 9.88. The highest BCUT2D eigenvalue weighted by Gasteiger charge is 2.10. The van der Waals surface area contributed by atoms with Crippen LogP contribution in [0.5, 0.6) is 0 Å². The van der Waals surface area contributed by atoms with Gasteiger partial charge in [0.05, 0.1) is 5.69 Å². The van der Waals surface area contributed by atoms with Gasteiger partial charge in [0, 0.05) is 42.7 Å². The van der Waals surface area contributed by atoms with Crippen LogP contribution in [-0.4, -0.2) is 30.6 Å². The third-order valence-corrected chi connectivity index (χ3v) is 3.30. The number of carbonyl (C=O) groups is 2. The fraction of sp³-hybridized carbons (Fsp3) is 0.235. The van der Waals surface area contributed by atoms with Crippen molar-refractivity contribution in [2.45, 2.75) is 13.8 Å². The largest absolute Gasteiger partial charge is 0.378 e. The average molecular weight is 282 g/mol. The van der Waals surface area contributed by atoms with E-state index in [1.165, 1.54) is 13.8 Å². The molecule has 0 aliphatic carbocycles. The first kappa shape index (κ1) is 14.9. The van der Waals surface area contributed by atoms with E-state index in [4.69, 9.17) is 0 Å². The van der Waals surface area contributed by atoms with Crippen molar-refractivity contribution in [3.05, 3.63) is 47.7 Å². The molecule has 0 fully saturated rings. The standard InChI is InChI=1S/C17H18N2O2/c1-11(20)13-7-14(12(2)21)9-15(8-13)17-10-16(19(3)4)5-6-18-17/h5-10H,1-4H3. The Kier molecular flexibility index (Phi) is 4.17. The van der Waals surface area contributed by atoms with E-state index in [0.717, 1.165) is 16.9 Å². The molecule has 1 aromatic carbocycles. The summed E-state index contributed by atoms with van der Waals surface area (Å²) in [6.07, 6.45) is 1.72. The third-order valence-electron chi connectivity index (χ3n) is 3.30. The molecule has 0 amide bonds. The number of carbonyl (C=O) groups excluding carboxylic acids is 2. The lowest BCUT2D eigenvalue weighted by Gasteiger charge is -2.13. The van der Waals surface area contributed by atoms with E-state index < -0.39 is 0 Å². The van der Waals surface area contributed by atoms with Gasteiger partial charge in [-0.25, -0.2) is 0 Å². The molecule has 4 heteroatoms. The quantitative estimate of drug-likeness (QED) is 0.808. The normalized spacial score (nSPS) is 10.3. The van der Waals surface area contributed by atoms with Crippen LogP contribution < -0.4 is 4.90 Å². The second-order valence-corrected chi connectivity index (χ2v) is 5.21. The molecule has 0 radical (unpaired) electrons. The van der Waals surface area contributed by atoms with Crippen molar-refractivity contribution >= 4 is 17.3 Å². The van der Waals surface area contributed by atoms with Crippen LogP contribution in [0, 0.1) is 0 Å². The van der Waals surface area contributed by atoms with Gasteiger partial charge < -0.3 is 4.90 Å². The Morgan fingerprint density at radius 3 is 2.00 bits per heavy atom. The number of nitrogens with zero attached hydrogens (tertiary/aromatic N) is 2. The van der Waals surface area contributed by atoms with Crippen LogP contribution in [0.3, 0.4) is 0 Å². The number of hydrogen-bond donors (Lipinski definition) is 0. The maximum absolute atomic E-state index is 11.6. The van der Waals surface area contributed by atoms with Crippen LogP contribution in [-0.2, 0) is 0 Å². The number of benzene rings is 1. The Bertz CT molecular complexity index is 673. The summed E-state index contributed by atoms with van der Waals surface area (Å²) in [6.45, 7) is 2.99. The van der Waals surface area contributed by atoms with E-state index in [1.54, 1.807) is 24.4 Å². The lowest BCUT2D eigenvalue weighted by atomic mass is 9.99. The van der Waals surface area contributed by atoms with Gasteiger partial charge in [0.2, 0.25) is 0 Å². The van der Waals surface area contributed by atoms with E-state index in [9.17, 15) is 9.59 Å². The minimum Gasteiger partial charge on any atom is -0.378 e. The first-order valence-corrected chi connectivity index (χ1v) is 6.69. The molecule has 108 valence electrons. The molecule has 0 aliphatic rings. The molecule has 0 aliphatic heterocycles. The second-order valence-electron chi connectivity index (χ2n) is 5.21. The molecule has 1 aromatic heterocycles. The van der Waals surface area contributed by atoms with Crippen LogP contribution in [0.2, 0.25) is 0 Å². The van der Waals surface area contributed by atoms with Gasteiger partial charge in [-0.1, -0.05) is 0 Å². The molecule has 0 atom stereocenters. The Balaban J connectivity index is 2.60. The Morgan fingerprint density at radius 1 is 0.952 bits per heavy atom. The number of rotatable bonds is 4. The van der Waals surface area contributed by atoms with Crippen molar-refractivity contribution in [1.29, 1.82) is 0 Å². The fourth-order valence-corrected chi connectivity index (χ4v) is 2.04. The van der Waals surface area contributed by atoms with Gasteiger partial charge >= 0.3 is 0 Å². The predicted molar refractivity (Wildman–Crippen MR) is 84.0 cm³/mol. The van der Waals surface area contributed by atoms with E-state index in [-0.39, 0.29) is 11.6 Å². The summed E-state index contributed by atoms with van der Waals surface area (Å²) in [5.41, 5.74) is 3.57. The average Bonchev–Trinajstić information content (AvgIpc) is 2.46. The number of hydrogen-bond acceptors (Lipinski definition) is 4. The van der Waals surface area contributed by atoms with Crippen molar-refractivity contribution in [2.75, 3.05) is 19.0 Å². The lowest BCUT2D eigenvalue weighted by molar-refractivity contribution is 0.101. The molecule has 0 spiro atoms. The van der Waals surface area contributed by atoms with Crippen molar-refractivity contribution in [3.63, 3.8) is 0 Å². The lowest BCUT2D eigenvalue weighted by Crippen LogP contribution is -2.08. The maximum Gasteiger partial charge on any atom is 0.159 e. The molecule has 0 bridgehead atoms. The molecule has 1 heterocycles. The van der Waals surface area contributed by atoms with Gasteiger partial charge in [0.1, 0.15) is 0 Å². The topological polar surface area (TPSA) is 50.3 Å². The molecule has 21 heavy (non-hydrogen) atoms. The molecule has 0 unspecified atom stereocenters. The fourth-order valence-electron chi connectivity index (χ4n) is 2.04. The van der Waals surface area contributed by atoms with Crippen LogP contribution >= 0.6 is 0 Å². The number of Topliss-reactive ketones (excluding diaryl/α,β-unsaturated/α-hetero) is 2. The van der Waals surface area contributed by atoms with Gasteiger partial charge in [0.15, 0.2) is 11.6 Å². The summed E-state index contributed by atoms with van der Waals surface area (Å²) in [5.74, 6) is -0.133. The highest BCUT2D eigenvalue weighted by molar-refractivity contribution is 6.01. The smallest absolute Gasteiger partial charge is 0.159 e. The molecule has 0 N–H and O–H groups in total. The number of ketones is 2. The first-order valence-electron chi connectivity index (χ1n) is 6.69. The Labute approximate surface area is 124 Å². The van der Waals surface area contributed by atoms with Gasteiger partial charge in [0.25, 0.3) is 0 Å². The predicted octanol–water partition coefficient (Wildman–Crippen LogP) is 3.22. The molecular weight excluding hydrogens is 264 g/mol. The van der Waals surface area contributed by atoms with E-state index in [0.29, 0.717) is 11.1 Å². The van der Waals surface area contributed by atoms with Crippen molar-refractivity contribution in [3.8, 4) is 11.3 Å². The Morgan fingerprint density at radius 2 is 1.52 bits per heavy atom. The van der Waals surface area contributed by atoms with Crippen molar-refractivity contribution < 1.29 is 9.59 Å². The molecular formula is C17H18N2O2. The monoisotopic (exact) mass is 282 g/mol. The van der Waals surface area contributed by atoms with E-state index >= 15 is 0 Å². The zero-order valence-corrected chi connectivity index (χ0v) is 12.7. The van der Waals surface area contributed by atoms with Crippen LogP contribution in [0.4, 0.5) is 5.69 Å². The van der Waals surface area contributed by atoms with Crippen LogP contribution in [0.15, 0.2) is 36.5 Å². The summed E-state index contributed by atoms with van der Waals surface area (Å²) < 4.78 is 0. The van der Waals surface area contributed by atoms with Crippen LogP contribution in [0.25, 0.3) is 11.3 Å². The SMILES string of the molecule is CC(=O)c1cc(C(C)=O)cc(-c2cc(N(C)C)ccn2)c1. The third kappa shape index (κ3) is 3.34. The minimum absolute atomic E-state index is 0.0666. The highest BCUT2D eigenvalue weighted by Crippen LogP contribution is 2.24. The van der Waals surface area contributed by atoms with E-state index in [2.05, 4.69) is 4.98 Å². The molecule has 0 saturated heterocycles. The molecule has 2 aromatic rings. The van der Waals surface area contributed by atoms with Gasteiger partial charge in [-0.3, -0.25) is 14.6 Å². The molecule has 2 rings (SSSR count). The van der Waals surface area contributed by atoms with Gasteiger partial charge in [-0.15, -0.1) is 0 Å². The maximum atomic E-state index is 11.6. The highest BCUT2D eigenvalue weighted by atomic mass is 16.1. The number of aromatic nitrogens is 1. The van der Waals surface area contributed by atoms with Crippen molar-refractivity contribution in [1.82, 2.24) is 4.98 Å². The zero-order chi connectivity index (χ0) is 15.6.